The van der Waals surface area contributed by atoms with E-state index in [1.807, 2.05) is 6.92 Å². The molecule has 0 spiro atoms. The number of carbonyl (C=O) groups is 2. The van der Waals surface area contributed by atoms with Crippen molar-refractivity contribution in [3.63, 3.8) is 0 Å². The van der Waals surface area contributed by atoms with E-state index in [0.29, 0.717) is 6.61 Å². The summed E-state index contributed by atoms with van der Waals surface area (Å²) in [6.07, 6.45) is 5.05. The monoisotopic (exact) mass is 370 g/mol. The zero-order valence-electron chi connectivity index (χ0n) is 14.3. The fourth-order valence-corrected chi connectivity index (χ4v) is 2.75. The first-order valence-corrected chi connectivity index (χ1v) is 9.01. The number of rotatable bonds is 8. The summed E-state index contributed by atoms with van der Waals surface area (Å²) in [7, 11) is 1.24. The van der Waals surface area contributed by atoms with Gasteiger partial charge in [0.05, 0.1) is 13.7 Å². The lowest BCUT2D eigenvalue weighted by Gasteiger charge is -2.07. The van der Waals surface area contributed by atoms with Gasteiger partial charge in [-0.05, 0) is 32.1 Å². The third kappa shape index (κ3) is 5.96. The van der Waals surface area contributed by atoms with Crippen LogP contribution in [0.25, 0.3) is 0 Å². The topological polar surface area (TPSA) is 112 Å². The van der Waals surface area contributed by atoms with E-state index in [1.165, 1.54) is 7.11 Å². The summed E-state index contributed by atoms with van der Waals surface area (Å²) in [5.41, 5.74) is -0.127. The van der Waals surface area contributed by atoms with Crippen LogP contribution in [0.5, 0.6) is 0 Å². The number of anilines is 1. The normalized spacial score (nSPS) is 15.0. The van der Waals surface area contributed by atoms with Crippen LogP contribution in [-0.2, 0) is 19.1 Å². The molecule has 1 aliphatic carbocycles. The van der Waals surface area contributed by atoms with Gasteiger partial charge in [-0.2, -0.15) is 9.36 Å². The number of unbranched alkanes of at least 4 members (excludes halogenated alkanes) is 1. The number of aromatic nitrogens is 2. The molecule has 1 N–H and O–H groups in total. The highest BCUT2D eigenvalue weighted by atomic mass is 32.1. The van der Waals surface area contributed by atoms with Gasteiger partial charge in [0.25, 0.3) is 0 Å². The molecule has 0 aliphatic heterocycles. The quantitative estimate of drug-likeness (QED) is 0.324. The lowest BCUT2D eigenvalue weighted by Crippen LogP contribution is -2.20. The van der Waals surface area contributed by atoms with Gasteiger partial charge in [0.1, 0.15) is 6.10 Å². The number of esters is 1. The molecule has 2 rings (SSSR count). The Labute approximate surface area is 149 Å². The lowest BCUT2D eigenvalue weighted by molar-refractivity contribution is -0.132. The Hall–Kier alpha value is -2.23. The molecule has 0 radical (unpaired) electrons. The van der Waals surface area contributed by atoms with Gasteiger partial charge < -0.3 is 14.3 Å². The molecule has 1 aromatic rings. The minimum absolute atomic E-state index is 0.00979. The molecule has 0 saturated heterocycles. The molecule has 1 aromatic heterocycles. The Morgan fingerprint density at radius 2 is 2.12 bits per heavy atom. The predicted molar refractivity (Wildman–Crippen MR) is 91.7 cm³/mol. The molecule has 1 aliphatic rings. The number of nitrogens with one attached hydrogen (secondary N) is 1. The van der Waals surface area contributed by atoms with E-state index in [-0.39, 0.29) is 22.8 Å². The van der Waals surface area contributed by atoms with Gasteiger partial charge in [0, 0.05) is 11.5 Å². The average Bonchev–Trinajstić information content (AvgIpc) is 3.27. The van der Waals surface area contributed by atoms with Gasteiger partial charge in [0.15, 0.2) is 0 Å². The molecular weight excluding hydrogens is 348 g/mol. The second-order valence-electron chi connectivity index (χ2n) is 5.48. The molecule has 10 heteroatoms. The third-order valence-corrected chi connectivity index (χ3v) is 4.18. The molecular formula is C15H22N4O5S. The van der Waals surface area contributed by atoms with Crippen LogP contribution in [0, 0.1) is 0 Å². The molecule has 138 valence electrons. The number of oxime groups is 1. The van der Waals surface area contributed by atoms with E-state index < -0.39 is 12.1 Å². The highest BCUT2D eigenvalue weighted by molar-refractivity contribution is 7.10. The fraction of sp³-hybridized carbons (Fsp3) is 0.667. The summed E-state index contributed by atoms with van der Waals surface area (Å²) in [5.74, 6) is -0.661. The standard InChI is InChI=1S/C15H22N4O5S/c1-3-4-9-23-15(21)17-14-16-12(19-25-14)11(13(20)22-2)18-24-10-7-5-6-8-10/h10H,3-9H2,1-2H3,(H,16,17,19,21). The highest BCUT2D eigenvalue weighted by Gasteiger charge is 2.24. The zero-order chi connectivity index (χ0) is 18.1. The van der Waals surface area contributed by atoms with Crippen molar-refractivity contribution in [1.29, 1.82) is 0 Å². The van der Waals surface area contributed by atoms with Crippen LogP contribution in [0.3, 0.4) is 0 Å². The Balaban J connectivity index is 2.00. The highest BCUT2D eigenvalue weighted by Crippen LogP contribution is 2.21. The Morgan fingerprint density at radius 1 is 1.36 bits per heavy atom. The molecule has 1 amide bonds. The molecule has 0 aromatic carbocycles. The van der Waals surface area contributed by atoms with Gasteiger partial charge >= 0.3 is 12.1 Å². The Morgan fingerprint density at radius 3 is 2.80 bits per heavy atom. The average molecular weight is 370 g/mol. The van der Waals surface area contributed by atoms with Crippen molar-refractivity contribution in [3.05, 3.63) is 5.82 Å². The second-order valence-corrected chi connectivity index (χ2v) is 6.23. The van der Waals surface area contributed by atoms with Crippen molar-refractivity contribution >= 4 is 34.4 Å². The summed E-state index contributed by atoms with van der Waals surface area (Å²) < 4.78 is 13.7. The van der Waals surface area contributed by atoms with Crippen LogP contribution in [0.4, 0.5) is 9.93 Å². The number of ether oxygens (including phenoxy) is 2. The van der Waals surface area contributed by atoms with E-state index >= 15 is 0 Å². The summed E-state index contributed by atoms with van der Waals surface area (Å²) in [4.78, 5) is 33.0. The number of amides is 1. The maximum Gasteiger partial charge on any atom is 0.413 e. The van der Waals surface area contributed by atoms with Gasteiger partial charge in [-0.1, -0.05) is 18.5 Å². The summed E-state index contributed by atoms with van der Waals surface area (Å²) in [5, 5.41) is 6.55. The lowest BCUT2D eigenvalue weighted by atomic mass is 10.3. The van der Waals surface area contributed by atoms with Crippen LogP contribution in [-0.4, -0.2) is 47.0 Å². The predicted octanol–water partition coefficient (Wildman–Crippen LogP) is 2.72. The van der Waals surface area contributed by atoms with E-state index in [9.17, 15) is 9.59 Å². The molecule has 1 fully saturated rings. The van der Waals surface area contributed by atoms with Gasteiger partial charge in [0.2, 0.25) is 16.7 Å². The maximum atomic E-state index is 11.9. The van der Waals surface area contributed by atoms with Crippen molar-refractivity contribution in [2.75, 3.05) is 19.0 Å². The smallest absolute Gasteiger partial charge is 0.413 e. The number of hydrogen-bond donors (Lipinski definition) is 1. The Bertz CT molecular complexity index is 613. The first-order chi connectivity index (χ1) is 12.1. The van der Waals surface area contributed by atoms with E-state index in [1.54, 1.807) is 0 Å². The Kier molecular flexibility index (Phi) is 7.58. The van der Waals surface area contributed by atoms with E-state index in [4.69, 9.17) is 14.3 Å². The summed E-state index contributed by atoms with van der Waals surface area (Å²) in [6, 6.07) is 0. The maximum absolute atomic E-state index is 11.9. The van der Waals surface area contributed by atoms with E-state index in [0.717, 1.165) is 50.1 Å². The van der Waals surface area contributed by atoms with Crippen LogP contribution in [0.1, 0.15) is 51.3 Å². The van der Waals surface area contributed by atoms with Gasteiger partial charge in [-0.15, -0.1) is 0 Å². The number of hydrogen-bond acceptors (Lipinski definition) is 9. The zero-order valence-corrected chi connectivity index (χ0v) is 15.1. The molecule has 1 saturated carbocycles. The minimum atomic E-state index is -0.701. The van der Waals surface area contributed by atoms with E-state index in [2.05, 4.69) is 19.8 Å². The van der Waals surface area contributed by atoms with Crippen molar-refractivity contribution in [1.82, 2.24) is 9.36 Å². The number of nitrogens with zero attached hydrogens (tertiary/aromatic N) is 3. The van der Waals surface area contributed by atoms with Crippen LogP contribution in [0.2, 0.25) is 0 Å². The van der Waals surface area contributed by atoms with Crippen molar-refractivity contribution in [2.24, 2.45) is 5.16 Å². The minimum Gasteiger partial charge on any atom is -0.464 e. The molecule has 0 bridgehead atoms. The van der Waals surface area contributed by atoms with Crippen LogP contribution in [0.15, 0.2) is 5.16 Å². The van der Waals surface area contributed by atoms with Crippen molar-refractivity contribution in [2.45, 2.75) is 51.6 Å². The summed E-state index contributed by atoms with van der Waals surface area (Å²) in [6.45, 7) is 2.33. The molecule has 0 unspecified atom stereocenters. The fourth-order valence-electron chi connectivity index (χ4n) is 2.19. The van der Waals surface area contributed by atoms with Gasteiger partial charge in [-0.25, -0.2) is 9.59 Å². The first kappa shape index (κ1) is 19.1. The van der Waals surface area contributed by atoms with Crippen LogP contribution >= 0.6 is 11.5 Å². The molecule has 9 nitrogen and oxygen atoms in total. The number of methoxy groups -OCH3 is 1. The van der Waals surface area contributed by atoms with Gasteiger partial charge in [-0.3, -0.25) is 5.32 Å². The molecule has 25 heavy (non-hydrogen) atoms. The first-order valence-electron chi connectivity index (χ1n) is 8.24. The van der Waals surface area contributed by atoms with Crippen molar-refractivity contribution in [3.8, 4) is 0 Å². The largest absolute Gasteiger partial charge is 0.464 e. The molecule has 1 heterocycles. The van der Waals surface area contributed by atoms with Crippen LogP contribution < -0.4 is 5.32 Å². The molecule has 0 atom stereocenters. The summed E-state index contributed by atoms with van der Waals surface area (Å²) >= 11 is 0.914. The SMILES string of the molecule is CCCCOC(=O)Nc1nc(C(=NOC2CCCC2)C(=O)OC)ns1. The third-order valence-electron chi connectivity index (χ3n) is 3.55. The van der Waals surface area contributed by atoms with Crippen molar-refractivity contribution < 1.29 is 23.9 Å². The second kappa shape index (κ2) is 9.92. The number of carbonyl (C=O) groups excluding carboxylic acids is 2.